The summed E-state index contributed by atoms with van der Waals surface area (Å²) in [6.07, 6.45) is 1.65. The lowest BCUT2D eigenvalue weighted by Crippen LogP contribution is -2.31. The van der Waals surface area contributed by atoms with Crippen molar-refractivity contribution in [3.05, 3.63) is 52.0 Å². The molecule has 2 heterocycles. The van der Waals surface area contributed by atoms with Crippen LogP contribution in [0.3, 0.4) is 0 Å². The van der Waals surface area contributed by atoms with Crippen LogP contribution in [0.2, 0.25) is 0 Å². The fourth-order valence-corrected chi connectivity index (χ4v) is 5.49. The Balaban J connectivity index is 1.47. The fourth-order valence-electron chi connectivity index (χ4n) is 2.80. The summed E-state index contributed by atoms with van der Waals surface area (Å²) in [5.41, 5.74) is 1.97. The Kier molecular flexibility index (Phi) is 5.30. The van der Waals surface area contributed by atoms with E-state index >= 15 is 0 Å². The van der Waals surface area contributed by atoms with Gasteiger partial charge in [-0.1, -0.05) is 30.3 Å². The number of nitrogens with one attached hydrogen (secondary N) is 1. The van der Waals surface area contributed by atoms with Gasteiger partial charge in [-0.2, -0.15) is 0 Å². The molecule has 5 nitrogen and oxygen atoms in total. The smallest absolute Gasteiger partial charge is 0.226 e. The van der Waals surface area contributed by atoms with Gasteiger partial charge < -0.3 is 5.32 Å². The number of hydrogen-bond donors (Lipinski definition) is 1. The number of carbonyl (C=O) groups is 1. The highest BCUT2D eigenvalue weighted by atomic mass is 32.2. The molecule has 3 rings (SSSR count). The summed E-state index contributed by atoms with van der Waals surface area (Å²) >= 11 is 1.56. The number of amides is 1. The third-order valence-corrected chi connectivity index (χ3v) is 6.79. The highest BCUT2D eigenvalue weighted by Crippen LogP contribution is 2.18. The zero-order chi connectivity index (χ0) is 17.0. The lowest BCUT2D eigenvalue weighted by Gasteiger charge is -2.08. The molecule has 24 heavy (non-hydrogen) atoms. The Morgan fingerprint density at radius 3 is 2.79 bits per heavy atom. The van der Waals surface area contributed by atoms with E-state index in [9.17, 15) is 13.2 Å². The predicted octanol–water partition coefficient (Wildman–Crippen LogP) is 1.83. The van der Waals surface area contributed by atoms with Crippen LogP contribution in [0.1, 0.15) is 22.7 Å². The molecule has 1 amide bonds. The molecule has 128 valence electrons. The maximum Gasteiger partial charge on any atom is 0.226 e. The van der Waals surface area contributed by atoms with Crippen molar-refractivity contribution < 1.29 is 13.2 Å². The Morgan fingerprint density at radius 1 is 1.29 bits per heavy atom. The highest BCUT2D eigenvalue weighted by molar-refractivity contribution is 7.91. The summed E-state index contributed by atoms with van der Waals surface area (Å²) in [4.78, 5) is 16.5. The minimum absolute atomic E-state index is 0.0445. The van der Waals surface area contributed by atoms with Crippen molar-refractivity contribution in [1.82, 2.24) is 10.3 Å². The number of rotatable bonds is 6. The van der Waals surface area contributed by atoms with Gasteiger partial charge in [-0.15, -0.1) is 11.3 Å². The van der Waals surface area contributed by atoms with Crippen molar-refractivity contribution in [2.45, 2.75) is 19.3 Å². The second-order valence-corrected chi connectivity index (χ2v) is 9.32. The standard InChI is InChI=1S/C17H20N2O3S2/c20-16(18-10-14-6-7-24(21,22)12-14)9-15-11-23-17(19-15)8-13-4-2-1-3-5-13/h1-5,11,14H,6-10,12H2,(H,18,20)/t14-/m1/s1. The fraction of sp³-hybridized carbons (Fsp3) is 0.412. The summed E-state index contributed by atoms with van der Waals surface area (Å²) in [6, 6.07) is 10.1. The van der Waals surface area contributed by atoms with Gasteiger partial charge >= 0.3 is 0 Å². The number of nitrogens with zero attached hydrogens (tertiary/aromatic N) is 1. The molecule has 1 saturated heterocycles. The Bertz CT molecular complexity index is 800. The molecule has 0 unspecified atom stereocenters. The van der Waals surface area contributed by atoms with Gasteiger partial charge in [0.1, 0.15) is 0 Å². The summed E-state index contributed by atoms with van der Waals surface area (Å²) in [5.74, 6) is 0.368. The summed E-state index contributed by atoms with van der Waals surface area (Å²) in [6.45, 7) is 0.430. The van der Waals surface area contributed by atoms with E-state index in [-0.39, 0.29) is 29.8 Å². The topological polar surface area (TPSA) is 76.1 Å². The second kappa shape index (κ2) is 7.44. The van der Waals surface area contributed by atoms with E-state index in [0.29, 0.717) is 13.0 Å². The average Bonchev–Trinajstić information content (AvgIpc) is 3.12. The number of carbonyl (C=O) groups excluding carboxylic acids is 1. The van der Waals surface area contributed by atoms with Gasteiger partial charge in [-0.05, 0) is 17.9 Å². The summed E-state index contributed by atoms with van der Waals surface area (Å²) in [5, 5.41) is 5.74. The van der Waals surface area contributed by atoms with E-state index in [4.69, 9.17) is 0 Å². The van der Waals surface area contributed by atoms with Crippen molar-refractivity contribution in [3.8, 4) is 0 Å². The van der Waals surface area contributed by atoms with Crippen LogP contribution >= 0.6 is 11.3 Å². The van der Waals surface area contributed by atoms with Crippen LogP contribution in [0.25, 0.3) is 0 Å². The molecule has 1 aliphatic rings. The first-order valence-corrected chi connectivity index (χ1v) is 10.6. The van der Waals surface area contributed by atoms with E-state index in [0.717, 1.165) is 17.1 Å². The van der Waals surface area contributed by atoms with Crippen molar-refractivity contribution in [2.24, 2.45) is 5.92 Å². The zero-order valence-electron chi connectivity index (χ0n) is 13.3. The van der Waals surface area contributed by atoms with Gasteiger partial charge in [0.05, 0.1) is 28.6 Å². The number of benzene rings is 1. The molecule has 1 aromatic heterocycles. The number of sulfone groups is 1. The molecule has 1 N–H and O–H groups in total. The Labute approximate surface area is 146 Å². The zero-order valence-corrected chi connectivity index (χ0v) is 14.9. The van der Waals surface area contributed by atoms with Crippen molar-refractivity contribution >= 4 is 27.1 Å². The van der Waals surface area contributed by atoms with Gasteiger partial charge in [0, 0.05) is 18.3 Å². The van der Waals surface area contributed by atoms with Crippen molar-refractivity contribution in [2.75, 3.05) is 18.1 Å². The monoisotopic (exact) mass is 364 g/mol. The first-order chi connectivity index (χ1) is 11.5. The minimum atomic E-state index is -2.89. The summed E-state index contributed by atoms with van der Waals surface area (Å²) in [7, 11) is -2.89. The molecule has 7 heteroatoms. The molecular formula is C17H20N2O3S2. The molecule has 1 aliphatic heterocycles. The SMILES string of the molecule is O=C(Cc1csc(Cc2ccccc2)n1)NC[C@H]1CCS(=O)(=O)C1. The molecule has 0 radical (unpaired) electrons. The van der Waals surface area contributed by atoms with Gasteiger partial charge in [-0.3, -0.25) is 4.79 Å². The van der Waals surface area contributed by atoms with Crippen LogP contribution in [0.4, 0.5) is 0 Å². The number of aromatic nitrogens is 1. The lowest BCUT2D eigenvalue weighted by atomic mass is 10.1. The average molecular weight is 364 g/mol. The minimum Gasteiger partial charge on any atom is -0.355 e. The van der Waals surface area contributed by atoms with Crippen LogP contribution in [-0.2, 0) is 27.5 Å². The van der Waals surface area contributed by atoms with E-state index in [1.807, 2.05) is 23.6 Å². The third kappa shape index (κ3) is 4.88. The molecule has 0 spiro atoms. The summed E-state index contributed by atoms with van der Waals surface area (Å²) < 4.78 is 22.8. The van der Waals surface area contributed by atoms with Crippen LogP contribution in [-0.4, -0.2) is 37.4 Å². The molecule has 0 saturated carbocycles. The first-order valence-electron chi connectivity index (χ1n) is 7.94. The van der Waals surface area contributed by atoms with Crippen LogP contribution in [0.5, 0.6) is 0 Å². The molecule has 1 fully saturated rings. The van der Waals surface area contributed by atoms with E-state index in [2.05, 4.69) is 22.4 Å². The molecule has 0 aliphatic carbocycles. The second-order valence-electron chi connectivity index (χ2n) is 6.14. The number of thiazole rings is 1. The van der Waals surface area contributed by atoms with E-state index in [1.54, 1.807) is 11.3 Å². The lowest BCUT2D eigenvalue weighted by molar-refractivity contribution is -0.120. The number of hydrogen-bond acceptors (Lipinski definition) is 5. The first kappa shape index (κ1) is 17.1. The van der Waals surface area contributed by atoms with Crippen molar-refractivity contribution in [1.29, 1.82) is 0 Å². The van der Waals surface area contributed by atoms with Gasteiger partial charge in [0.25, 0.3) is 0 Å². The van der Waals surface area contributed by atoms with Gasteiger partial charge in [-0.25, -0.2) is 13.4 Å². The molecular weight excluding hydrogens is 344 g/mol. The van der Waals surface area contributed by atoms with Crippen LogP contribution < -0.4 is 5.32 Å². The third-order valence-electron chi connectivity index (χ3n) is 4.05. The predicted molar refractivity (Wildman–Crippen MR) is 94.8 cm³/mol. The largest absolute Gasteiger partial charge is 0.355 e. The van der Waals surface area contributed by atoms with E-state index in [1.165, 1.54) is 5.56 Å². The van der Waals surface area contributed by atoms with Gasteiger partial charge in [0.15, 0.2) is 9.84 Å². The van der Waals surface area contributed by atoms with E-state index < -0.39 is 9.84 Å². The molecule has 1 aromatic carbocycles. The Hall–Kier alpha value is -1.73. The maximum atomic E-state index is 12.0. The van der Waals surface area contributed by atoms with Crippen molar-refractivity contribution in [3.63, 3.8) is 0 Å². The normalized spacial score (nSPS) is 19.2. The maximum absolute atomic E-state index is 12.0. The quantitative estimate of drug-likeness (QED) is 0.848. The molecule has 2 aromatic rings. The Morgan fingerprint density at radius 2 is 2.08 bits per heavy atom. The van der Waals surface area contributed by atoms with Crippen LogP contribution in [0, 0.1) is 5.92 Å². The van der Waals surface area contributed by atoms with Crippen LogP contribution in [0.15, 0.2) is 35.7 Å². The highest BCUT2D eigenvalue weighted by Gasteiger charge is 2.27. The van der Waals surface area contributed by atoms with Gasteiger partial charge in [0.2, 0.25) is 5.91 Å². The molecule has 0 bridgehead atoms. The molecule has 1 atom stereocenters.